The minimum Gasteiger partial charge on any atom is -0.379 e. The summed E-state index contributed by atoms with van der Waals surface area (Å²) in [7, 11) is 0. The lowest BCUT2D eigenvalue weighted by Crippen LogP contribution is -2.49. The summed E-state index contributed by atoms with van der Waals surface area (Å²) in [5, 5.41) is 3.92. The van der Waals surface area contributed by atoms with Gasteiger partial charge in [-0.05, 0) is 62.0 Å². The normalized spacial score (nSPS) is 24.3. The third kappa shape index (κ3) is 5.38. The van der Waals surface area contributed by atoms with Gasteiger partial charge in [-0.15, -0.1) is 0 Å². The summed E-state index contributed by atoms with van der Waals surface area (Å²) in [5.74, 6) is 0.573. The SMILES string of the molecule is c1ccc(CCN2CCC(N[C@H]3COC[C@H]3Cc3ccncc3)CC2)cc1. The molecule has 144 valence electrons. The fourth-order valence-electron chi connectivity index (χ4n) is 4.36. The third-order valence-corrected chi connectivity index (χ3v) is 6.04. The molecule has 0 bridgehead atoms. The maximum Gasteiger partial charge on any atom is 0.0623 e. The lowest BCUT2D eigenvalue weighted by molar-refractivity contribution is 0.171. The summed E-state index contributed by atoms with van der Waals surface area (Å²) in [4.78, 5) is 6.74. The molecule has 4 heteroatoms. The van der Waals surface area contributed by atoms with Crippen LogP contribution in [0.4, 0.5) is 0 Å². The molecule has 1 aromatic heterocycles. The second-order valence-electron chi connectivity index (χ2n) is 7.98. The molecule has 2 aliphatic rings. The van der Waals surface area contributed by atoms with Crippen LogP contribution in [0.2, 0.25) is 0 Å². The molecule has 2 saturated heterocycles. The molecule has 0 amide bonds. The summed E-state index contributed by atoms with van der Waals surface area (Å²) < 4.78 is 5.80. The summed E-state index contributed by atoms with van der Waals surface area (Å²) in [6.07, 6.45) is 8.50. The molecule has 1 N–H and O–H groups in total. The van der Waals surface area contributed by atoms with Crippen LogP contribution in [-0.2, 0) is 17.6 Å². The van der Waals surface area contributed by atoms with Crippen molar-refractivity contribution >= 4 is 0 Å². The van der Waals surface area contributed by atoms with Gasteiger partial charge in [0.1, 0.15) is 0 Å². The van der Waals surface area contributed by atoms with Crippen molar-refractivity contribution in [3.63, 3.8) is 0 Å². The molecular weight excluding hydrogens is 334 g/mol. The average molecular weight is 366 g/mol. The molecule has 2 aromatic rings. The Bertz CT molecular complexity index is 671. The summed E-state index contributed by atoms with van der Waals surface area (Å²) in [5.41, 5.74) is 2.81. The number of nitrogens with zero attached hydrogens (tertiary/aromatic N) is 2. The van der Waals surface area contributed by atoms with Crippen molar-refractivity contribution in [3.8, 4) is 0 Å². The minimum atomic E-state index is 0.485. The van der Waals surface area contributed by atoms with Crippen molar-refractivity contribution in [1.82, 2.24) is 15.2 Å². The van der Waals surface area contributed by atoms with Gasteiger partial charge < -0.3 is 15.0 Å². The van der Waals surface area contributed by atoms with Gasteiger partial charge in [0.2, 0.25) is 0 Å². The number of hydrogen-bond acceptors (Lipinski definition) is 4. The van der Waals surface area contributed by atoms with Crippen molar-refractivity contribution in [3.05, 3.63) is 66.0 Å². The Morgan fingerprint density at radius 3 is 2.52 bits per heavy atom. The van der Waals surface area contributed by atoms with Crippen LogP contribution in [0.25, 0.3) is 0 Å². The zero-order chi connectivity index (χ0) is 18.3. The first-order valence-electron chi connectivity index (χ1n) is 10.4. The van der Waals surface area contributed by atoms with Crippen LogP contribution in [0.1, 0.15) is 24.0 Å². The quantitative estimate of drug-likeness (QED) is 0.819. The second kappa shape index (κ2) is 9.45. The molecule has 0 aliphatic carbocycles. The molecule has 4 rings (SSSR count). The van der Waals surface area contributed by atoms with Crippen LogP contribution in [-0.4, -0.2) is 54.8 Å². The molecule has 0 unspecified atom stereocenters. The Morgan fingerprint density at radius 2 is 1.74 bits per heavy atom. The zero-order valence-electron chi connectivity index (χ0n) is 16.1. The smallest absolute Gasteiger partial charge is 0.0623 e. The van der Waals surface area contributed by atoms with E-state index in [2.05, 4.69) is 57.7 Å². The van der Waals surface area contributed by atoms with E-state index >= 15 is 0 Å². The third-order valence-electron chi connectivity index (χ3n) is 6.04. The van der Waals surface area contributed by atoms with E-state index < -0.39 is 0 Å². The monoisotopic (exact) mass is 365 g/mol. The van der Waals surface area contributed by atoms with Crippen molar-refractivity contribution in [2.45, 2.75) is 37.8 Å². The number of benzene rings is 1. The summed E-state index contributed by atoms with van der Waals surface area (Å²) in [6, 6.07) is 16.2. The number of nitrogens with one attached hydrogen (secondary N) is 1. The van der Waals surface area contributed by atoms with E-state index in [1.54, 1.807) is 0 Å². The molecule has 2 aliphatic heterocycles. The lowest BCUT2D eigenvalue weighted by atomic mass is 9.93. The van der Waals surface area contributed by atoms with Gasteiger partial charge in [0, 0.05) is 36.9 Å². The molecule has 0 spiro atoms. The number of rotatable bonds is 7. The summed E-state index contributed by atoms with van der Waals surface area (Å²) in [6.45, 7) is 5.30. The topological polar surface area (TPSA) is 37.4 Å². The first-order chi connectivity index (χ1) is 13.4. The van der Waals surface area contributed by atoms with Crippen LogP contribution < -0.4 is 5.32 Å². The number of piperidine rings is 1. The number of aromatic nitrogens is 1. The predicted octanol–water partition coefficient (Wildman–Crippen LogP) is 2.94. The molecule has 4 nitrogen and oxygen atoms in total. The van der Waals surface area contributed by atoms with Gasteiger partial charge in [0.15, 0.2) is 0 Å². The lowest BCUT2D eigenvalue weighted by Gasteiger charge is -2.34. The zero-order valence-corrected chi connectivity index (χ0v) is 16.1. The van der Waals surface area contributed by atoms with E-state index in [0.29, 0.717) is 18.0 Å². The van der Waals surface area contributed by atoms with Gasteiger partial charge in [-0.2, -0.15) is 0 Å². The molecule has 0 radical (unpaired) electrons. The van der Waals surface area contributed by atoms with Crippen LogP contribution in [0.15, 0.2) is 54.9 Å². The average Bonchev–Trinajstić information content (AvgIpc) is 3.15. The van der Waals surface area contributed by atoms with Gasteiger partial charge >= 0.3 is 0 Å². The van der Waals surface area contributed by atoms with E-state index in [1.165, 1.54) is 43.6 Å². The molecule has 2 fully saturated rings. The summed E-state index contributed by atoms with van der Waals surface area (Å²) >= 11 is 0. The largest absolute Gasteiger partial charge is 0.379 e. The fraction of sp³-hybridized carbons (Fsp3) is 0.522. The maximum atomic E-state index is 5.80. The van der Waals surface area contributed by atoms with E-state index in [1.807, 2.05) is 12.4 Å². The van der Waals surface area contributed by atoms with Crippen molar-refractivity contribution in [2.24, 2.45) is 5.92 Å². The highest BCUT2D eigenvalue weighted by Crippen LogP contribution is 2.21. The van der Waals surface area contributed by atoms with Crippen LogP contribution in [0, 0.1) is 5.92 Å². The molecule has 27 heavy (non-hydrogen) atoms. The molecule has 2 atom stereocenters. The van der Waals surface area contributed by atoms with Gasteiger partial charge in [-0.1, -0.05) is 30.3 Å². The number of pyridine rings is 1. The molecule has 0 saturated carbocycles. The van der Waals surface area contributed by atoms with Crippen molar-refractivity contribution < 1.29 is 4.74 Å². The fourth-order valence-corrected chi connectivity index (χ4v) is 4.36. The van der Waals surface area contributed by atoms with E-state index in [9.17, 15) is 0 Å². The Morgan fingerprint density at radius 1 is 0.963 bits per heavy atom. The number of hydrogen-bond donors (Lipinski definition) is 1. The highest BCUT2D eigenvalue weighted by molar-refractivity contribution is 5.15. The van der Waals surface area contributed by atoms with E-state index in [0.717, 1.165) is 26.1 Å². The minimum absolute atomic E-state index is 0.485. The van der Waals surface area contributed by atoms with Crippen LogP contribution in [0.5, 0.6) is 0 Å². The highest BCUT2D eigenvalue weighted by atomic mass is 16.5. The van der Waals surface area contributed by atoms with Gasteiger partial charge in [0.05, 0.1) is 13.2 Å². The van der Waals surface area contributed by atoms with Crippen LogP contribution >= 0.6 is 0 Å². The Kier molecular flexibility index (Phi) is 6.51. The first-order valence-corrected chi connectivity index (χ1v) is 10.4. The van der Waals surface area contributed by atoms with Crippen LogP contribution in [0.3, 0.4) is 0 Å². The van der Waals surface area contributed by atoms with E-state index in [4.69, 9.17) is 4.74 Å². The van der Waals surface area contributed by atoms with Gasteiger partial charge in [-0.3, -0.25) is 4.98 Å². The highest BCUT2D eigenvalue weighted by Gasteiger charge is 2.31. The van der Waals surface area contributed by atoms with Gasteiger partial charge in [-0.25, -0.2) is 0 Å². The Hall–Kier alpha value is -1.75. The van der Waals surface area contributed by atoms with Crippen molar-refractivity contribution in [1.29, 1.82) is 0 Å². The molecule has 3 heterocycles. The molecular formula is C23H31N3O. The second-order valence-corrected chi connectivity index (χ2v) is 7.98. The Labute approximate surface area is 162 Å². The maximum absolute atomic E-state index is 5.80. The number of likely N-dealkylation sites (tertiary alicyclic amines) is 1. The standard InChI is InChI=1S/C23H31N3O/c1-2-4-19(5-3-1)8-13-26-14-9-22(10-15-26)25-23-18-27-17-21(23)16-20-6-11-24-12-7-20/h1-7,11-12,21-23,25H,8-10,13-18H2/t21-,23+/m1/s1. The molecule has 1 aromatic carbocycles. The predicted molar refractivity (Wildman–Crippen MR) is 109 cm³/mol. The van der Waals surface area contributed by atoms with E-state index in [-0.39, 0.29) is 0 Å². The first kappa shape index (κ1) is 18.6. The Balaban J connectivity index is 1.20. The van der Waals surface area contributed by atoms with Crippen molar-refractivity contribution in [2.75, 3.05) is 32.8 Å². The number of ether oxygens (including phenoxy) is 1. The van der Waals surface area contributed by atoms with Gasteiger partial charge in [0.25, 0.3) is 0 Å².